The Kier molecular flexibility index (Phi) is 6.29. The summed E-state index contributed by atoms with van der Waals surface area (Å²) in [6.45, 7) is 6.11. The van der Waals surface area contributed by atoms with Crippen LogP contribution in [0.4, 0.5) is 0 Å². The zero-order valence-corrected chi connectivity index (χ0v) is 14.1. The number of rotatable bonds is 5. The van der Waals surface area contributed by atoms with E-state index in [0.717, 1.165) is 24.2 Å². The lowest BCUT2D eigenvalue weighted by Gasteiger charge is -2.22. The van der Waals surface area contributed by atoms with E-state index in [0.29, 0.717) is 12.0 Å². The fraction of sp³-hybridized carbons (Fsp3) is 0.632. The highest BCUT2D eigenvalue weighted by Crippen LogP contribution is 2.26. The number of hydrogen-bond acceptors (Lipinski definition) is 2. The van der Waals surface area contributed by atoms with Crippen LogP contribution in [0.3, 0.4) is 0 Å². The standard InChI is InChI=1S/C19H29NO2/c1-14(2)17-12-8-9-13-18(17)22-15(3)19(21)20-16-10-6-4-5-7-11-16/h8-9,12-16H,4-7,10-11H2,1-3H3,(H,20,21)/t15-/m0/s1. The van der Waals surface area contributed by atoms with Gasteiger partial charge in [-0.25, -0.2) is 0 Å². The minimum absolute atomic E-state index is 0.00505. The largest absolute Gasteiger partial charge is 0.481 e. The average molecular weight is 303 g/mol. The highest BCUT2D eigenvalue weighted by molar-refractivity contribution is 5.81. The smallest absolute Gasteiger partial charge is 0.260 e. The van der Waals surface area contributed by atoms with Crippen molar-refractivity contribution in [1.29, 1.82) is 0 Å². The average Bonchev–Trinajstić information content (AvgIpc) is 2.76. The molecule has 0 heterocycles. The van der Waals surface area contributed by atoms with Crippen molar-refractivity contribution in [3.8, 4) is 5.75 Å². The van der Waals surface area contributed by atoms with Crippen molar-refractivity contribution in [2.24, 2.45) is 0 Å². The minimum Gasteiger partial charge on any atom is -0.481 e. The van der Waals surface area contributed by atoms with E-state index in [-0.39, 0.29) is 5.91 Å². The second-order valence-electron chi connectivity index (χ2n) is 6.65. The number of nitrogens with one attached hydrogen (secondary N) is 1. The van der Waals surface area contributed by atoms with Gasteiger partial charge in [0.2, 0.25) is 0 Å². The predicted molar refractivity (Wildman–Crippen MR) is 90.3 cm³/mol. The van der Waals surface area contributed by atoms with Crippen molar-refractivity contribution in [2.75, 3.05) is 0 Å². The van der Waals surface area contributed by atoms with Crippen molar-refractivity contribution >= 4 is 5.91 Å². The third-order valence-corrected chi connectivity index (χ3v) is 4.42. The zero-order valence-electron chi connectivity index (χ0n) is 14.1. The Bertz CT molecular complexity index is 476. The molecule has 1 atom stereocenters. The molecule has 1 aromatic carbocycles. The Morgan fingerprint density at radius 1 is 1.09 bits per heavy atom. The molecule has 1 aliphatic carbocycles. The molecule has 0 spiro atoms. The third-order valence-electron chi connectivity index (χ3n) is 4.42. The molecule has 0 aromatic heterocycles. The summed E-state index contributed by atoms with van der Waals surface area (Å²) in [5, 5.41) is 3.16. The molecule has 0 aliphatic heterocycles. The van der Waals surface area contributed by atoms with Gasteiger partial charge in [0.25, 0.3) is 5.91 Å². The quantitative estimate of drug-likeness (QED) is 0.818. The summed E-state index contributed by atoms with van der Waals surface area (Å²) in [5.74, 6) is 1.21. The van der Waals surface area contributed by atoms with E-state index in [4.69, 9.17) is 4.74 Å². The van der Waals surface area contributed by atoms with Gasteiger partial charge in [-0.05, 0) is 37.3 Å². The lowest BCUT2D eigenvalue weighted by atomic mass is 10.0. The van der Waals surface area contributed by atoms with Gasteiger partial charge in [-0.3, -0.25) is 4.79 Å². The number of para-hydroxylation sites is 1. The van der Waals surface area contributed by atoms with Gasteiger partial charge in [-0.15, -0.1) is 0 Å². The van der Waals surface area contributed by atoms with E-state index < -0.39 is 6.10 Å². The van der Waals surface area contributed by atoms with Crippen LogP contribution in [0.25, 0.3) is 0 Å². The van der Waals surface area contributed by atoms with Crippen molar-refractivity contribution in [3.63, 3.8) is 0 Å². The van der Waals surface area contributed by atoms with Crippen molar-refractivity contribution in [1.82, 2.24) is 5.32 Å². The molecule has 1 N–H and O–H groups in total. The molecule has 0 bridgehead atoms. The number of hydrogen-bond donors (Lipinski definition) is 1. The summed E-state index contributed by atoms with van der Waals surface area (Å²) in [7, 11) is 0. The summed E-state index contributed by atoms with van der Waals surface area (Å²) >= 11 is 0. The molecular weight excluding hydrogens is 274 g/mol. The van der Waals surface area contributed by atoms with Crippen LogP contribution in [0.15, 0.2) is 24.3 Å². The molecule has 1 aromatic rings. The Labute approximate surface area is 134 Å². The van der Waals surface area contributed by atoms with E-state index in [1.807, 2.05) is 25.1 Å². The van der Waals surface area contributed by atoms with Crippen molar-refractivity contribution in [3.05, 3.63) is 29.8 Å². The van der Waals surface area contributed by atoms with Gasteiger partial charge in [0.05, 0.1) is 0 Å². The Hall–Kier alpha value is -1.51. The Balaban J connectivity index is 1.93. The number of amides is 1. The van der Waals surface area contributed by atoms with Crippen LogP contribution in [0, 0.1) is 0 Å². The normalized spacial score (nSPS) is 17.8. The first-order valence-electron chi connectivity index (χ1n) is 8.64. The second kappa shape index (κ2) is 8.21. The molecule has 0 saturated heterocycles. The van der Waals surface area contributed by atoms with Crippen LogP contribution in [0.5, 0.6) is 5.75 Å². The number of benzene rings is 1. The molecule has 1 fully saturated rings. The topological polar surface area (TPSA) is 38.3 Å². The molecule has 0 unspecified atom stereocenters. The van der Waals surface area contributed by atoms with Gasteiger partial charge in [0.1, 0.15) is 5.75 Å². The lowest BCUT2D eigenvalue weighted by Crippen LogP contribution is -2.42. The van der Waals surface area contributed by atoms with Crippen LogP contribution >= 0.6 is 0 Å². The molecule has 1 aliphatic rings. The molecular formula is C19H29NO2. The van der Waals surface area contributed by atoms with E-state index in [9.17, 15) is 4.79 Å². The fourth-order valence-corrected chi connectivity index (χ4v) is 3.05. The third kappa shape index (κ3) is 4.75. The highest BCUT2D eigenvalue weighted by Gasteiger charge is 2.21. The van der Waals surface area contributed by atoms with Gasteiger partial charge >= 0.3 is 0 Å². The first kappa shape index (κ1) is 16.9. The van der Waals surface area contributed by atoms with Crippen LogP contribution in [0.1, 0.15) is 70.8 Å². The van der Waals surface area contributed by atoms with Crippen molar-refractivity contribution in [2.45, 2.75) is 77.4 Å². The molecule has 1 saturated carbocycles. The first-order valence-corrected chi connectivity index (χ1v) is 8.64. The first-order chi connectivity index (χ1) is 10.6. The maximum absolute atomic E-state index is 12.4. The van der Waals surface area contributed by atoms with Gasteiger partial charge < -0.3 is 10.1 Å². The van der Waals surface area contributed by atoms with Crippen LogP contribution < -0.4 is 10.1 Å². The molecule has 0 radical (unpaired) electrons. The maximum Gasteiger partial charge on any atom is 0.260 e. The lowest BCUT2D eigenvalue weighted by molar-refractivity contribution is -0.128. The van der Waals surface area contributed by atoms with Crippen LogP contribution in [-0.4, -0.2) is 18.1 Å². The second-order valence-corrected chi connectivity index (χ2v) is 6.65. The summed E-state index contributed by atoms with van der Waals surface area (Å²) in [6.07, 6.45) is 6.76. The molecule has 1 amide bonds. The number of ether oxygens (including phenoxy) is 1. The predicted octanol–water partition coefficient (Wildman–Crippen LogP) is 4.42. The molecule has 122 valence electrons. The fourth-order valence-electron chi connectivity index (χ4n) is 3.05. The SMILES string of the molecule is CC(C)c1ccccc1O[C@@H](C)C(=O)NC1CCCCCC1. The maximum atomic E-state index is 12.4. The van der Waals surface area contributed by atoms with Gasteiger partial charge in [0, 0.05) is 6.04 Å². The number of carbonyl (C=O) groups excluding carboxylic acids is 1. The highest BCUT2D eigenvalue weighted by atomic mass is 16.5. The van der Waals surface area contributed by atoms with Gasteiger partial charge in [0.15, 0.2) is 6.10 Å². The Morgan fingerprint density at radius 3 is 2.36 bits per heavy atom. The summed E-state index contributed by atoms with van der Waals surface area (Å²) in [5.41, 5.74) is 1.15. The molecule has 3 heteroatoms. The summed E-state index contributed by atoms with van der Waals surface area (Å²) < 4.78 is 5.93. The van der Waals surface area contributed by atoms with Crippen LogP contribution in [-0.2, 0) is 4.79 Å². The van der Waals surface area contributed by atoms with E-state index in [2.05, 4.69) is 25.2 Å². The summed E-state index contributed by atoms with van der Waals surface area (Å²) in [6, 6.07) is 8.30. The van der Waals surface area contributed by atoms with Gasteiger partial charge in [-0.1, -0.05) is 57.7 Å². The minimum atomic E-state index is -0.455. The van der Waals surface area contributed by atoms with Crippen LogP contribution in [0.2, 0.25) is 0 Å². The molecule has 3 nitrogen and oxygen atoms in total. The molecule has 22 heavy (non-hydrogen) atoms. The van der Waals surface area contributed by atoms with E-state index >= 15 is 0 Å². The van der Waals surface area contributed by atoms with E-state index in [1.165, 1.54) is 25.7 Å². The van der Waals surface area contributed by atoms with Crippen molar-refractivity contribution < 1.29 is 9.53 Å². The van der Waals surface area contributed by atoms with Gasteiger partial charge in [-0.2, -0.15) is 0 Å². The monoisotopic (exact) mass is 303 g/mol. The number of carbonyl (C=O) groups is 1. The Morgan fingerprint density at radius 2 is 1.73 bits per heavy atom. The van der Waals surface area contributed by atoms with E-state index in [1.54, 1.807) is 0 Å². The summed E-state index contributed by atoms with van der Waals surface area (Å²) in [4.78, 5) is 12.4. The molecule has 2 rings (SSSR count). The zero-order chi connectivity index (χ0) is 15.9.